The van der Waals surface area contributed by atoms with Crippen molar-refractivity contribution in [3.8, 4) is 0 Å². The summed E-state index contributed by atoms with van der Waals surface area (Å²) in [6.45, 7) is 2.90. The standard InChI is InChI=1S/C21H23F2N3O2/c1-14(20(27)25-17-9-10-18(22)19(23)12-17)26-11-5-6-15(13-26)21(28)24-16-7-3-2-4-8-16/h2-4,7-10,12,14-15H,5-6,11,13H2,1H3,(H,24,28)(H,25,27)/t14-,15-/m1/s1. The van der Waals surface area contributed by atoms with E-state index in [9.17, 15) is 18.4 Å². The minimum Gasteiger partial charge on any atom is -0.326 e. The van der Waals surface area contributed by atoms with E-state index in [4.69, 9.17) is 0 Å². The van der Waals surface area contributed by atoms with Crippen LogP contribution in [0.15, 0.2) is 48.5 Å². The molecule has 3 rings (SSSR count). The number of halogens is 2. The van der Waals surface area contributed by atoms with Crippen molar-refractivity contribution in [2.45, 2.75) is 25.8 Å². The SMILES string of the molecule is C[C@H](C(=O)Nc1ccc(F)c(F)c1)N1CCC[C@@H](C(=O)Nc2ccccc2)C1. The van der Waals surface area contributed by atoms with Gasteiger partial charge in [0.05, 0.1) is 12.0 Å². The Kier molecular flexibility index (Phi) is 6.36. The third-order valence-corrected chi connectivity index (χ3v) is 4.98. The van der Waals surface area contributed by atoms with E-state index in [0.717, 1.165) is 30.7 Å². The second-order valence-corrected chi connectivity index (χ2v) is 6.98. The lowest BCUT2D eigenvalue weighted by Gasteiger charge is -2.35. The Morgan fingerprint density at radius 3 is 2.50 bits per heavy atom. The first-order chi connectivity index (χ1) is 13.4. The molecule has 2 N–H and O–H groups in total. The number of para-hydroxylation sites is 1. The lowest BCUT2D eigenvalue weighted by Crippen LogP contribution is -2.49. The first-order valence-electron chi connectivity index (χ1n) is 9.30. The Morgan fingerprint density at radius 2 is 1.79 bits per heavy atom. The summed E-state index contributed by atoms with van der Waals surface area (Å²) in [4.78, 5) is 27.0. The number of nitrogens with zero attached hydrogens (tertiary/aromatic N) is 1. The summed E-state index contributed by atoms with van der Waals surface area (Å²) in [7, 11) is 0. The van der Waals surface area contributed by atoms with Gasteiger partial charge in [0.1, 0.15) is 0 Å². The topological polar surface area (TPSA) is 61.4 Å². The zero-order chi connectivity index (χ0) is 20.1. The van der Waals surface area contributed by atoms with E-state index in [1.807, 2.05) is 35.2 Å². The molecule has 1 aliphatic rings. The lowest BCUT2D eigenvalue weighted by atomic mass is 9.95. The molecule has 0 aliphatic carbocycles. The van der Waals surface area contributed by atoms with Gasteiger partial charge in [-0.15, -0.1) is 0 Å². The lowest BCUT2D eigenvalue weighted by molar-refractivity contribution is -0.125. The van der Waals surface area contributed by atoms with Crippen molar-refractivity contribution in [3.05, 3.63) is 60.2 Å². The first-order valence-corrected chi connectivity index (χ1v) is 9.30. The van der Waals surface area contributed by atoms with Crippen molar-refractivity contribution in [1.29, 1.82) is 0 Å². The number of likely N-dealkylation sites (tertiary alicyclic amines) is 1. The van der Waals surface area contributed by atoms with Crippen molar-refractivity contribution in [1.82, 2.24) is 4.90 Å². The summed E-state index contributed by atoms with van der Waals surface area (Å²) < 4.78 is 26.3. The molecule has 7 heteroatoms. The van der Waals surface area contributed by atoms with Crippen LogP contribution in [0.3, 0.4) is 0 Å². The molecule has 1 saturated heterocycles. The van der Waals surface area contributed by atoms with Crippen molar-refractivity contribution in [2.24, 2.45) is 5.92 Å². The number of rotatable bonds is 5. The van der Waals surface area contributed by atoms with Gasteiger partial charge in [-0.1, -0.05) is 18.2 Å². The highest BCUT2D eigenvalue weighted by molar-refractivity contribution is 5.95. The van der Waals surface area contributed by atoms with Gasteiger partial charge in [-0.3, -0.25) is 14.5 Å². The second-order valence-electron chi connectivity index (χ2n) is 6.98. The van der Waals surface area contributed by atoms with E-state index in [-0.39, 0.29) is 23.4 Å². The van der Waals surface area contributed by atoms with Crippen molar-refractivity contribution in [2.75, 3.05) is 23.7 Å². The third-order valence-electron chi connectivity index (χ3n) is 4.98. The average molecular weight is 387 g/mol. The Morgan fingerprint density at radius 1 is 1.04 bits per heavy atom. The average Bonchev–Trinajstić information content (AvgIpc) is 2.71. The molecule has 1 aliphatic heterocycles. The van der Waals surface area contributed by atoms with Crippen LogP contribution in [-0.2, 0) is 9.59 Å². The summed E-state index contributed by atoms with van der Waals surface area (Å²) in [5.41, 5.74) is 0.944. The summed E-state index contributed by atoms with van der Waals surface area (Å²) in [5.74, 6) is -2.58. The molecular formula is C21H23F2N3O2. The number of hydrogen-bond acceptors (Lipinski definition) is 3. The maximum absolute atomic E-state index is 13.3. The highest BCUT2D eigenvalue weighted by atomic mass is 19.2. The molecule has 1 heterocycles. The van der Waals surface area contributed by atoms with Crippen LogP contribution < -0.4 is 10.6 Å². The number of benzene rings is 2. The smallest absolute Gasteiger partial charge is 0.241 e. The number of nitrogens with one attached hydrogen (secondary N) is 2. The monoisotopic (exact) mass is 387 g/mol. The fourth-order valence-corrected chi connectivity index (χ4v) is 3.32. The number of anilines is 2. The molecule has 2 aromatic rings. The summed E-state index contributed by atoms with van der Waals surface area (Å²) >= 11 is 0. The van der Waals surface area contributed by atoms with Crippen LogP contribution in [0.2, 0.25) is 0 Å². The molecule has 1 fully saturated rings. The van der Waals surface area contributed by atoms with Gasteiger partial charge in [0.2, 0.25) is 11.8 Å². The van der Waals surface area contributed by atoms with Crippen molar-refractivity contribution < 1.29 is 18.4 Å². The predicted octanol–water partition coefficient (Wildman–Crippen LogP) is 3.64. The normalized spacial score (nSPS) is 18.3. The number of hydrogen-bond donors (Lipinski definition) is 2. The Balaban J connectivity index is 1.58. The number of carbonyl (C=O) groups excluding carboxylic acids is 2. The van der Waals surface area contributed by atoms with Gasteiger partial charge in [-0.25, -0.2) is 8.78 Å². The highest BCUT2D eigenvalue weighted by Crippen LogP contribution is 2.21. The number of amides is 2. The molecule has 0 aromatic heterocycles. The van der Waals surface area contributed by atoms with Crippen LogP contribution in [0.1, 0.15) is 19.8 Å². The predicted molar refractivity (Wildman–Crippen MR) is 104 cm³/mol. The Labute approximate surface area is 162 Å². The van der Waals surface area contributed by atoms with Crippen LogP contribution in [0, 0.1) is 17.6 Å². The van der Waals surface area contributed by atoms with Crippen molar-refractivity contribution in [3.63, 3.8) is 0 Å². The highest BCUT2D eigenvalue weighted by Gasteiger charge is 2.31. The van der Waals surface area contributed by atoms with E-state index in [0.29, 0.717) is 13.1 Å². The van der Waals surface area contributed by atoms with Gasteiger partial charge in [0, 0.05) is 24.0 Å². The molecule has 0 radical (unpaired) electrons. The van der Waals surface area contributed by atoms with Crippen molar-refractivity contribution >= 4 is 23.2 Å². The third kappa shape index (κ3) is 4.92. The Hall–Kier alpha value is -2.80. The van der Waals surface area contributed by atoms with Crippen LogP contribution in [0.5, 0.6) is 0 Å². The first kappa shape index (κ1) is 19.9. The quantitative estimate of drug-likeness (QED) is 0.823. The maximum Gasteiger partial charge on any atom is 0.241 e. The van der Waals surface area contributed by atoms with E-state index < -0.39 is 17.7 Å². The van der Waals surface area contributed by atoms with Gasteiger partial charge >= 0.3 is 0 Å². The molecule has 2 aromatic carbocycles. The van der Waals surface area contributed by atoms with E-state index in [1.165, 1.54) is 6.07 Å². The van der Waals surface area contributed by atoms with E-state index in [2.05, 4.69) is 10.6 Å². The summed E-state index contributed by atoms with van der Waals surface area (Å²) in [5, 5.41) is 5.51. The molecule has 0 unspecified atom stereocenters. The van der Waals surface area contributed by atoms with Gasteiger partial charge in [0.15, 0.2) is 11.6 Å². The van der Waals surface area contributed by atoms with E-state index >= 15 is 0 Å². The molecule has 0 bridgehead atoms. The van der Waals surface area contributed by atoms with E-state index in [1.54, 1.807) is 6.92 Å². The van der Waals surface area contributed by atoms with Crippen LogP contribution in [0.25, 0.3) is 0 Å². The number of carbonyl (C=O) groups is 2. The molecular weight excluding hydrogens is 364 g/mol. The summed E-state index contributed by atoms with van der Waals surface area (Å²) in [6, 6.07) is 12.0. The Bertz CT molecular complexity index is 845. The minimum atomic E-state index is -1.01. The van der Waals surface area contributed by atoms with Gasteiger partial charge in [-0.05, 0) is 50.6 Å². The maximum atomic E-state index is 13.3. The van der Waals surface area contributed by atoms with Crippen LogP contribution in [-0.4, -0.2) is 35.8 Å². The zero-order valence-electron chi connectivity index (χ0n) is 15.6. The largest absolute Gasteiger partial charge is 0.326 e. The molecule has 28 heavy (non-hydrogen) atoms. The fraction of sp³-hybridized carbons (Fsp3) is 0.333. The molecule has 0 spiro atoms. The molecule has 148 valence electrons. The molecule has 2 atom stereocenters. The zero-order valence-corrected chi connectivity index (χ0v) is 15.6. The van der Waals surface area contributed by atoms with Gasteiger partial charge in [-0.2, -0.15) is 0 Å². The number of piperidine rings is 1. The fourth-order valence-electron chi connectivity index (χ4n) is 3.32. The second kappa shape index (κ2) is 8.93. The molecule has 2 amide bonds. The van der Waals surface area contributed by atoms with Crippen LogP contribution >= 0.6 is 0 Å². The van der Waals surface area contributed by atoms with Crippen LogP contribution in [0.4, 0.5) is 20.2 Å². The van der Waals surface area contributed by atoms with Gasteiger partial charge in [0.25, 0.3) is 0 Å². The van der Waals surface area contributed by atoms with Gasteiger partial charge < -0.3 is 10.6 Å². The molecule has 5 nitrogen and oxygen atoms in total. The summed E-state index contributed by atoms with van der Waals surface area (Å²) in [6.07, 6.45) is 1.56. The minimum absolute atomic E-state index is 0.0656. The molecule has 0 saturated carbocycles.